The van der Waals surface area contributed by atoms with Crippen LogP contribution in [0.5, 0.6) is 5.75 Å². The number of para-hydroxylation sites is 2. The summed E-state index contributed by atoms with van der Waals surface area (Å²) in [6.45, 7) is 5.24. The number of hydrogen-bond acceptors (Lipinski definition) is 6. The molecule has 10 heteroatoms. The minimum Gasteiger partial charge on any atom is -0.496 e. The van der Waals surface area contributed by atoms with Crippen molar-refractivity contribution >= 4 is 35.3 Å². The Morgan fingerprint density at radius 1 is 0.909 bits per heavy atom. The summed E-state index contributed by atoms with van der Waals surface area (Å²) in [7, 11) is 1.65. The molecule has 0 unspecified atom stereocenters. The Labute approximate surface area is 261 Å². The summed E-state index contributed by atoms with van der Waals surface area (Å²) in [5.41, 5.74) is 5.27. The van der Waals surface area contributed by atoms with Gasteiger partial charge in [0.2, 0.25) is 17.7 Å². The Hall–Kier alpha value is -4.57. The smallest absolute Gasteiger partial charge is 0.242 e. The van der Waals surface area contributed by atoms with Gasteiger partial charge in [0.1, 0.15) is 18.1 Å². The lowest BCUT2D eigenvalue weighted by atomic mass is 9.99. The third-order valence-corrected chi connectivity index (χ3v) is 9.51. The highest BCUT2D eigenvalue weighted by atomic mass is 32.2. The summed E-state index contributed by atoms with van der Waals surface area (Å²) in [6.07, 6.45) is 0. The predicted molar refractivity (Wildman–Crippen MR) is 172 cm³/mol. The van der Waals surface area contributed by atoms with Gasteiger partial charge in [0.25, 0.3) is 0 Å². The average molecular weight is 610 g/mol. The molecule has 226 valence electrons. The van der Waals surface area contributed by atoms with Crippen LogP contribution in [0.1, 0.15) is 28.9 Å². The summed E-state index contributed by atoms with van der Waals surface area (Å²) < 4.78 is 7.64. The van der Waals surface area contributed by atoms with Gasteiger partial charge in [-0.1, -0.05) is 66.7 Å². The molecule has 2 aliphatic rings. The van der Waals surface area contributed by atoms with Crippen LogP contribution < -0.4 is 9.64 Å². The molecule has 3 heterocycles. The maximum absolute atomic E-state index is 14.1. The van der Waals surface area contributed by atoms with Crippen LogP contribution in [0.15, 0.2) is 78.9 Å². The molecule has 44 heavy (non-hydrogen) atoms. The van der Waals surface area contributed by atoms with E-state index in [1.165, 1.54) is 11.8 Å². The molecule has 0 N–H and O–H groups in total. The van der Waals surface area contributed by atoms with E-state index < -0.39 is 0 Å². The largest absolute Gasteiger partial charge is 0.496 e. The molecule has 0 bridgehead atoms. The number of hydrogen-bond donors (Lipinski definition) is 0. The molecule has 3 aromatic carbocycles. The fourth-order valence-corrected chi connectivity index (χ4v) is 7.16. The highest BCUT2D eigenvalue weighted by molar-refractivity contribution is 8.00. The van der Waals surface area contributed by atoms with Crippen molar-refractivity contribution in [2.75, 3.05) is 50.5 Å². The fourth-order valence-electron chi connectivity index (χ4n) is 5.93. The highest BCUT2D eigenvalue weighted by Gasteiger charge is 2.39. The third-order valence-electron chi connectivity index (χ3n) is 8.27. The number of fused-ring (bicyclic) bond motifs is 1. The van der Waals surface area contributed by atoms with Crippen molar-refractivity contribution in [3.05, 3.63) is 95.6 Å². The number of thioether (sulfide) groups is 1. The van der Waals surface area contributed by atoms with Gasteiger partial charge >= 0.3 is 0 Å². The molecular formula is C34H35N5O4S. The van der Waals surface area contributed by atoms with E-state index in [-0.39, 0.29) is 35.3 Å². The molecule has 0 aliphatic carbocycles. The SMILES string of the molecule is COc1ccccc1[C@H]1SCC(=O)N(CC(=O)N2CCN(C(C)=O)CC2)c2c1c(-c1ccccc1)nn2-c1ccccc1C. The maximum atomic E-state index is 14.1. The van der Waals surface area contributed by atoms with Crippen molar-refractivity contribution in [1.29, 1.82) is 0 Å². The number of methoxy groups -OCH3 is 1. The zero-order valence-corrected chi connectivity index (χ0v) is 25.9. The molecule has 1 aromatic heterocycles. The lowest BCUT2D eigenvalue weighted by Gasteiger charge is -2.35. The minimum absolute atomic E-state index is 0.000539. The molecule has 9 nitrogen and oxygen atoms in total. The first kappa shape index (κ1) is 29.5. The van der Waals surface area contributed by atoms with E-state index >= 15 is 0 Å². The molecule has 1 saturated heterocycles. The number of carbonyl (C=O) groups is 3. The number of rotatable bonds is 6. The van der Waals surface area contributed by atoms with Crippen LogP contribution in [-0.4, -0.2) is 82.9 Å². The van der Waals surface area contributed by atoms with E-state index in [1.54, 1.807) is 28.7 Å². The molecule has 0 radical (unpaired) electrons. The molecule has 3 amide bonds. The Kier molecular flexibility index (Phi) is 8.43. The van der Waals surface area contributed by atoms with E-state index in [4.69, 9.17) is 9.84 Å². The first-order valence-electron chi connectivity index (χ1n) is 14.7. The Balaban J connectivity index is 1.54. The van der Waals surface area contributed by atoms with E-state index in [2.05, 4.69) is 0 Å². The van der Waals surface area contributed by atoms with Crippen molar-refractivity contribution in [3.63, 3.8) is 0 Å². The van der Waals surface area contributed by atoms with E-state index in [9.17, 15) is 14.4 Å². The predicted octanol–water partition coefficient (Wildman–Crippen LogP) is 4.72. The highest BCUT2D eigenvalue weighted by Crippen LogP contribution is 2.50. The van der Waals surface area contributed by atoms with Crippen LogP contribution in [0, 0.1) is 6.92 Å². The van der Waals surface area contributed by atoms with Crippen molar-refractivity contribution in [3.8, 4) is 22.7 Å². The average Bonchev–Trinajstić information content (AvgIpc) is 3.37. The number of aromatic nitrogens is 2. The van der Waals surface area contributed by atoms with Gasteiger partial charge < -0.3 is 14.5 Å². The number of anilines is 1. The number of piperazine rings is 1. The molecular weight excluding hydrogens is 574 g/mol. The van der Waals surface area contributed by atoms with E-state index in [1.807, 2.05) is 90.5 Å². The number of carbonyl (C=O) groups excluding carboxylic acids is 3. The zero-order chi connectivity index (χ0) is 30.8. The zero-order valence-electron chi connectivity index (χ0n) is 25.1. The van der Waals surface area contributed by atoms with Gasteiger partial charge in [0, 0.05) is 49.8 Å². The molecule has 6 rings (SSSR count). The Morgan fingerprint density at radius 3 is 2.27 bits per heavy atom. The van der Waals surface area contributed by atoms with Gasteiger partial charge in [0.05, 0.1) is 29.5 Å². The van der Waals surface area contributed by atoms with Gasteiger partial charge in [0.15, 0.2) is 0 Å². The summed E-state index contributed by atoms with van der Waals surface area (Å²) >= 11 is 1.52. The molecule has 1 fully saturated rings. The van der Waals surface area contributed by atoms with Crippen molar-refractivity contribution in [1.82, 2.24) is 19.6 Å². The van der Waals surface area contributed by atoms with Gasteiger partial charge in [-0.05, 0) is 24.6 Å². The standard InChI is InChI=1S/C34H35N5O4S/c1-23-11-7-9-15-27(23)39-34-31(32(35-39)25-12-5-4-6-13-25)33(26-14-8-10-16-28(26)43-3)44-22-30(42)38(34)21-29(41)37-19-17-36(18-20-37)24(2)40/h4-16,33H,17-22H2,1-3H3/t33-/m1/s1. The quantitative estimate of drug-likeness (QED) is 0.315. The Bertz CT molecular complexity index is 1700. The van der Waals surface area contributed by atoms with Crippen molar-refractivity contribution < 1.29 is 19.1 Å². The van der Waals surface area contributed by atoms with E-state index in [0.717, 1.165) is 39.4 Å². The number of benzene rings is 3. The number of ether oxygens (including phenoxy) is 1. The van der Waals surface area contributed by atoms with Crippen LogP contribution in [0.3, 0.4) is 0 Å². The molecule has 2 aliphatic heterocycles. The second-order valence-electron chi connectivity index (χ2n) is 10.9. The normalized spacial score (nSPS) is 16.8. The topological polar surface area (TPSA) is 88.0 Å². The first-order chi connectivity index (χ1) is 21.4. The summed E-state index contributed by atoms with van der Waals surface area (Å²) in [4.78, 5) is 44.9. The van der Waals surface area contributed by atoms with Crippen LogP contribution in [-0.2, 0) is 14.4 Å². The molecule has 1 atom stereocenters. The molecule has 0 saturated carbocycles. The monoisotopic (exact) mass is 609 g/mol. The fraction of sp³-hybridized carbons (Fsp3) is 0.294. The van der Waals surface area contributed by atoms with Gasteiger partial charge in [-0.3, -0.25) is 19.3 Å². The van der Waals surface area contributed by atoms with Crippen molar-refractivity contribution in [2.24, 2.45) is 0 Å². The van der Waals surface area contributed by atoms with Crippen molar-refractivity contribution in [2.45, 2.75) is 19.1 Å². The summed E-state index contributed by atoms with van der Waals surface area (Å²) in [6, 6.07) is 25.7. The third kappa shape index (κ3) is 5.57. The number of amides is 3. The lowest BCUT2D eigenvalue weighted by Crippen LogP contribution is -2.53. The van der Waals surface area contributed by atoms with Gasteiger partial charge in [-0.2, -0.15) is 5.10 Å². The van der Waals surface area contributed by atoms with Crippen LogP contribution in [0.2, 0.25) is 0 Å². The van der Waals surface area contributed by atoms with Crippen LogP contribution in [0.25, 0.3) is 16.9 Å². The molecule has 0 spiro atoms. The Morgan fingerprint density at radius 2 is 1.57 bits per heavy atom. The minimum atomic E-state index is -0.294. The van der Waals surface area contributed by atoms with Crippen LogP contribution in [0.4, 0.5) is 5.82 Å². The van der Waals surface area contributed by atoms with E-state index in [0.29, 0.717) is 32.0 Å². The maximum Gasteiger partial charge on any atom is 0.242 e. The number of nitrogens with zero attached hydrogens (tertiary/aromatic N) is 5. The second-order valence-corrected chi connectivity index (χ2v) is 12.0. The van der Waals surface area contributed by atoms with Crippen LogP contribution >= 0.6 is 11.8 Å². The lowest BCUT2D eigenvalue weighted by molar-refractivity contribution is -0.137. The number of aryl methyl sites for hydroxylation is 1. The summed E-state index contributed by atoms with van der Waals surface area (Å²) in [5.74, 6) is 1.15. The first-order valence-corrected chi connectivity index (χ1v) is 15.7. The van der Waals surface area contributed by atoms with Gasteiger partial charge in [-0.15, -0.1) is 11.8 Å². The summed E-state index contributed by atoms with van der Waals surface area (Å²) in [5, 5.41) is 4.91. The second kappa shape index (κ2) is 12.6. The van der Waals surface area contributed by atoms with Gasteiger partial charge in [-0.25, -0.2) is 4.68 Å². The molecule has 4 aromatic rings.